The molecule has 4 nitrogen and oxygen atoms in total. The third kappa shape index (κ3) is 5.04. The molecule has 2 heterocycles. The molecule has 1 aliphatic carbocycles. The fraction of sp³-hybridized carbons (Fsp3) is 0.409. The van der Waals surface area contributed by atoms with Crippen molar-refractivity contribution in [1.29, 1.82) is 0 Å². The first-order valence-corrected chi connectivity index (χ1v) is 10.8. The lowest BCUT2D eigenvalue weighted by Crippen LogP contribution is -2.28. The molecular formula is C22H20Cl2F3N3O. The zero-order chi connectivity index (χ0) is 22.2. The second-order valence-electron chi connectivity index (χ2n) is 8.04. The van der Waals surface area contributed by atoms with Crippen molar-refractivity contribution < 1.29 is 18.0 Å². The van der Waals surface area contributed by atoms with Gasteiger partial charge in [0.15, 0.2) is 11.4 Å². The normalized spacial score (nSPS) is 19.6. The number of fused-ring (bicyclic) bond motifs is 1. The summed E-state index contributed by atoms with van der Waals surface area (Å²) in [6, 6.07) is 6.96. The molecule has 3 aromatic rings. The molecule has 1 saturated carbocycles. The van der Waals surface area contributed by atoms with E-state index in [1.165, 1.54) is 6.20 Å². The van der Waals surface area contributed by atoms with E-state index in [0.29, 0.717) is 51.9 Å². The highest BCUT2D eigenvalue weighted by molar-refractivity contribution is 6.36. The van der Waals surface area contributed by atoms with Gasteiger partial charge in [0.1, 0.15) is 5.82 Å². The summed E-state index contributed by atoms with van der Waals surface area (Å²) in [4.78, 5) is 24.5. The largest absolute Gasteiger partial charge is 0.391 e. The van der Waals surface area contributed by atoms with Crippen LogP contribution < -0.4 is 0 Å². The molecule has 9 heteroatoms. The highest BCUT2D eigenvalue weighted by atomic mass is 35.5. The van der Waals surface area contributed by atoms with E-state index in [-0.39, 0.29) is 31.0 Å². The number of nitrogens with one attached hydrogen (secondary N) is 1. The van der Waals surface area contributed by atoms with Crippen LogP contribution in [0.15, 0.2) is 30.5 Å². The smallest absolute Gasteiger partial charge is 0.340 e. The molecule has 0 aliphatic heterocycles. The first-order chi connectivity index (χ1) is 14.7. The van der Waals surface area contributed by atoms with E-state index in [1.54, 1.807) is 24.3 Å². The highest BCUT2D eigenvalue weighted by Gasteiger charge is 2.41. The van der Waals surface area contributed by atoms with E-state index in [2.05, 4.69) is 15.0 Å². The summed E-state index contributed by atoms with van der Waals surface area (Å²) in [6.07, 6.45) is -1.04. The van der Waals surface area contributed by atoms with Crippen LogP contribution >= 0.6 is 23.2 Å². The van der Waals surface area contributed by atoms with Gasteiger partial charge in [-0.1, -0.05) is 29.3 Å². The van der Waals surface area contributed by atoms with Gasteiger partial charge in [0.05, 0.1) is 11.4 Å². The summed E-state index contributed by atoms with van der Waals surface area (Å²) in [5.41, 5.74) is 2.26. The van der Waals surface area contributed by atoms with Crippen molar-refractivity contribution in [3.05, 3.63) is 57.5 Å². The van der Waals surface area contributed by atoms with Gasteiger partial charge in [0.2, 0.25) is 0 Å². The summed E-state index contributed by atoms with van der Waals surface area (Å²) < 4.78 is 38.5. The quantitative estimate of drug-likeness (QED) is 0.418. The van der Waals surface area contributed by atoms with E-state index < -0.39 is 12.1 Å². The van der Waals surface area contributed by atoms with Crippen molar-refractivity contribution in [3.8, 4) is 0 Å². The number of hydrogen-bond acceptors (Lipinski definition) is 3. The molecule has 0 atom stereocenters. The summed E-state index contributed by atoms with van der Waals surface area (Å²) in [5.74, 6) is -0.767. The SMILES string of the molecule is O=C(CC1CCC(C(F)(F)F)CC1)c1cnc2nc(Cc3c(Cl)cccc3Cl)[nH]c2c1. The maximum Gasteiger partial charge on any atom is 0.391 e. The van der Waals surface area contributed by atoms with Crippen LogP contribution in [0.5, 0.6) is 0 Å². The number of imidazole rings is 1. The maximum atomic E-state index is 12.8. The van der Waals surface area contributed by atoms with Crippen molar-refractivity contribution in [2.24, 2.45) is 11.8 Å². The molecule has 0 spiro atoms. The van der Waals surface area contributed by atoms with E-state index in [0.717, 1.165) is 5.56 Å². The van der Waals surface area contributed by atoms with Crippen LogP contribution in [0.2, 0.25) is 10.0 Å². The number of aromatic amines is 1. The number of nitrogens with zero attached hydrogens (tertiary/aromatic N) is 2. The molecule has 31 heavy (non-hydrogen) atoms. The number of aromatic nitrogens is 3. The average molecular weight is 470 g/mol. The van der Waals surface area contributed by atoms with Gasteiger partial charge in [-0.3, -0.25) is 4.79 Å². The van der Waals surface area contributed by atoms with Crippen molar-refractivity contribution >= 4 is 40.1 Å². The van der Waals surface area contributed by atoms with Gasteiger partial charge >= 0.3 is 6.18 Å². The van der Waals surface area contributed by atoms with Crippen molar-refractivity contribution in [2.45, 2.75) is 44.7 Å². The van der Waals surface area contributed by atoms with Gasteiger partial charge in [0, 0.05) is 34.6 Å². The summed E-state index contributed by atoms with van der Waals surface area (Å²) in [5, 5.41) is 1.08. The number of hydrogen-bond donors (Lipinski definition) is 1. The molecule has 1 N–H and O–H groups in total. The predicted molar refractivity (Wildman–Crippen MR) is 114 cm³/mol. The Hall–Kier alpha value is -2.12. The minimum absolute atomic E-state index is 0.0264. The number of pyridine rings is 1. The van der Waals surface area contributed by atoms with E-state index >= 15 is 0 Å². The molecule has 0 amide bonds. The van der Waals surface area contributed by atoms with Gasteiger partial charge in [-0.25, -0.2) is 9.97 Å². The molecule has 4 rings (SSSR count). The molecule has 1 fully saturated rings. The Bertz CT molecular complexity index is 1080. The van der Waals surface area contributed by atoms with Crippen molar-refractivity contribution in [3.63, 3.8) is 0 Å². The fourth-order valence-electron chi connectivity index (χ4n) is 4.13. The molecular weight excluding hydrogens is 450 g/mol. The Kier molecular flexibility index (Phi) is 6.26. The number of rotatable bonds is 5. The summed E-state index contributed by atoms with van der Waals surface area (Å²) in [6.45, 7) is 0. The monoisotopic (exact) mass is 469 g/mol. The maximum absolute atomic E-state index is 12.8. The fourth-order valence-corrected chi connectivity index (χ4v) is 4.66. The Morgan fingerprint density at radius 3 is 2.45 bits per heavy atom. The Balaban J connectivity index is 1.44. The van der Waals surface area contributed by atoms with Crippen molar-refractivity contribution in [2.75, 3.05) is 0 Å². The van der Waals surface area contributed by atoms with E-state index in [9.17, 15) is 18.0 Å². The first kappa shape index (κ1) is 22.1. The third-order valence-corrected chi connectivity index (χ3v) is 6.61. The van der Waals surface area contributed by atoms with Gasteiger partial charge in [-0.2, -0.15) is 13.2 Å². The molecule has 1 aromatic carbocycles. The number of H-pyrrole nitrogens is 1. The third-order valence-electron chi connectivity index (χ3n) is 5.90. The minimum Gasteiger partial charge on any atom is -0.340 e. The number of carbonyl (C=O) groups is 1. The number of Topliss-reactive ketones (excluding diaryl/α,β-unsaturated/α-hetero) is 1. The van der Waals surface area contributed by atoms with Crippen LogP contribution in [0.25, 0.3) is 11.2 Å². The van der Waals surface area contributed by atoms with Gasteiger partial charge < -0.3 is 4.98 Å². The second-order valence-corrected chi connectivity index (χ2v) is 8.86. The Labute approximate surface area is 187 Å². The average Bonchev–Trinajstić information content (AvgIpc) is 3.12. The van der Waals surface area contributed by atoms with Crippen LogP contribution in [0, 0.1) is 11.8 Å². The molecule has 0 unspecified atom stereocenters. The first-order valence-electron chi connectivity index (χ1n) is 10.1. The molecule has 1 aliphatic rings. The van der Waals surface area contributed by atoms with Crippen LogP contribution in [0.1, 0.15) is 53.8 Å². The molecule has 0 radical (unpaired) electrons. The lowest BCUT2D eigenvalue weighted by molar-refractivity contribution is -0.183. The van der Waals surface area contributed by atoms with Gasteiger partial charge in [0.25, 0.3) is 0 Å². The number of alkyl halides is 3. The lowest BCUT2D eigenvalue weighted by atomic mass is 9.79. The zero-order valence-corrected chi connectivity index (χ0v) is 18.0. The topological polar surface area (TPSA) is 58.6 Å². The van der Waals surface area contributed by atoms with Crippen LogP contribution in [-0.2, 0) is 6.42 Å². The number of halogens is 5. The summed E-state index contributed by atoms with van der Waals surface area (Å²) in [7, 11) is 0. The predicted octanol–water partition coefficient (Wildman–Crippen LogP) is 6.80. The van der Waals surface area contributed by atoms with E-state index in [1.807, 2.05) is 0 Å². The summed E-state index contributed by atoms with van der Waals surface area (Å²) >= 11 is 12.4. The molecule has 164 valence electrons. The van der Waals surface area contributed by atoms with Crippen molar-refractivity contribution in [1.82, 2.24) is 15.0 Å². The number of ketones is 1. The zero-order valence-electron chi connectivity index (χ0n) is 16.5. The molecule has 0 saturated heterocycles. The van der Waals surface area contributed by atoms with Gasteiger partial charge in [-0.15, -0.1) is 0 Å². The standard InChI is InChI=1S/C22H20Cl2F3N3O/c23-16-2-1-3-17(24)15(16)10-20-29-18-9-13(11-28-21(18)30-20)19(31)8-12-4-6-14(7-5-12)22(25,26)27/h1-3,9,11-12,14H,4-8,10H2,(H,28,29,30). The molecule has 0 bridgehead atoms. The molecule has 2 aromatic heterocycles. The number of benzene rings is 1. The van der Waals surface area contributed by atoms with Crippen LogP contribution in [0.4, 0.5) is 13.2 Å². The second kappa shape index (κ2) is 8.79. The van der Waals surface area contributed by atoms with E-state index in [4.69, 9.17) is 23.2 Å². The number of carbonyl (C=O) groups excluding carboxylic acids is 1. The Morgan fingerprint density at radius 1 is 1.13 bits per heavy atom. The Morgan fingerprint density at radius 2 is 1.81 bits per heavy atom. The highest BCUT2D eigenvalue weighted by Crippen LogP contribution is 2.40. The van der Waals surface area contributed by atoms with Crippen LogP contribution in [-0.4, -0.2) is 26.9 Å². The lowest BCUT2D eigenvalue weighted by Gasteiger charge is -2.29. The minimum atomic E-state index is -4.14. The van der Waals surface area contributed by atoms with Gasteiger partial charge in [-0.05, 0) is 55.4 Å². The van der Waals surface area contributed by atoms with Crippen LogP contribution in [0.3, 0.4) is 0 Å².